The average Bonchev–Trinajstić information content (AvgIpc) is 2.76. The zero-order valence-electron chi connectivity index (χ0n) is 18.4. The predicted octanol–water partition coefficient (Wildman–Crippen LogP) is 5.20. The second-order valence-electron chi connectivity index (χ2n) is 7.49. The van der Waals surface area contributed by atoms with Crippen LogP contribution in [0.1, 0.15) is 50.7 Å². The fraction of sp³-hybridized carbons (Fsp3) is 0.440. The first kappa shape index (κ1) is 24.0. The van der Waals surface area contributed by atoms with Gasteiger partial charge in [-0.05, 0) is 37.5 Å². The van der Waals surface area contributed by atoms with Gasteiger partial charge in [-0.25, -0.2) is 0 Å². The first-order valence-electron chi connectivity index (χ1n) is 10.9. The molecule has 0 saturated carbocycles. The molecule has 0 spiro atoms. The van der Waals surface area contributed by atoms with Crippen LogP contribution in [-0.4, -0.2) is 35.1 Å². The van der Waals surface area contributed by atoms with Crippen LogP contribution in [0.2, 0.25) is 0 Å². The number of amides is 2. The van der Waals surface area contributed by atoms with Gasteiger partial charge >= 0.3 is 0 Å². The molecule has 0 heterocycles. The third kappa shape index (κ3) is 7.86. The van der Waals surface area contributed by atoms with Gasteiger partial charge < -0.3 is 10.2 Å². The first-order valence-corrected chi connectivity index (χ1v) is 11.8. The molecule has 0 aliphatic rings. The zero-order valence-corrected chi connectivity index (χ0v) is 19.2. The van der Waals surface area contributed by atoms with Gasteiger partial charge in [0.2, 0.25) is 11.8 Å². The number of hydrogen-bond acceptors (Lipinski definition) is 3. The molecule has 0 aromatic heterocycles. The molecule has 4 nitrogen and oxygen atoms in total. The summed E-state index contributed by atoms with van der Waals surface area (Å²) < 4.78 is 0. The predicted molar refractivity (Wildman–Crippen MR) is 126 cm³/mol. The lowest BCUT2D eigenvalue weighted by atomic mass is 10.1. The molecule has 1 N–H and O–H groups in total. The van der Waals surface area contributed by atoms with Crippen molar-refractivity contribution < 1.29 is 9.59 Å². The number of carbonyl (C=O) groups is 2. The molecule has 0 radical (unpaired) electrons. The molecule has 0 saturated heterocycles. The summed E-state index contributed by atoms with van der Waals surface area (Å²) in [6.07, 6.45) is 2.98. The molecule has 2 rings (SSSR count). The van der Waals surface area contributed by atoms with Crippen molar-refractivity contribution in [3.8, 4) is 0 Å². The normalized spacial score (nSPS) is 11.7. The number of rotatable bonds is 12. The van der Waals surface area contributed by atoms with Crippen molar-refractivity contribution in [2.24, 2.45) is 0 Å². The molecule has 0 bridgehead atoms. The highest BCUT2D eigenvalue weighted by Gasteiger charge is 2.28. The van der Waals surface area contributed by atoms with Gasteiger partial charge in [0.15, 0.2) is 0 Å². The zero-order chi connectivity index (χ0) is 21.8. The van der Waals surface area contributed by atoms with Crippen molar-refractivity contribution in [3.63, 3.8) is 0 Å². The van der Waals surface area contributed by atoms with Crippen LogP contribution in [0.25, 0.3) is 0 Å². The lowest BCUT2D eigenvalue weighted by molar-refractivity contribution is -0.141. The lowest BCUT2D eigenvalue weighted by Gasteiger charge is -2.30. The Morgan fingerprint density at radius 3 is 2.37 bits per heavy atom. The minimum atomic E-state index is -0.445. The number of aryl methyl sites for hydroxylation is 1. The van der Waals surface area contributed by atoms with E-state index in [0.29, 0.717) is 31.7 Å². The molecule has 30 heavy (non-hydrogen) atoms. The molecule has 5 heteroatoms. The van der Waals surface area contributed by atoms with E-state index in [-0.39, 0.29) is 11.8 Å². The lowest BCUT2D eigenvalue weighted by Crippen LogP contribution is -2.49. The molecule has 1 atom stereocenters. The summed E-state index contributed by atoms with van der Waals surface area (Å²) in [6, 6.07) is 17.8. The topological polar surface area (TPSA) is 49.4 Å². The van der Waals surface area contributed by atoms with Crippen LogP contribution in [0.5, 0.6) is 0 Å². The maximum atomic E-state index is 13.2. The van der Waals surface area contributed by atoms with Crippen LogP contribution in [0.15, 0.2) is 59.5 Å². The summed E-state index contributed by atoms with van der Waals surface area (Å²) in [5, 5.41) is 3.00. The van der Waals surface area contributed by atoms with E-state index >= 15 is 0 Å². The van der Waals surface area contributed by atoms with Crippen LogP contribution < -0.4 is 5.32 Å². The van der Waals surface area contributed by atoms with Gasteiger partial charge in [0.1, 0.15) is 6.04 Å². The van der Waals surface area contributed by atoms with Gasteiger partial charge in [0.25, 0.3) is 0 Å². The quantitative estimate of drug-likeness (QED) is 0.375. The summed E-state index contributed by atoms with van der Waals surface area (Å²) in [5.74, 6) is 0.665. The minimum Gasteiger partial charge on any atom is -0.354 e. The summed E-state index contributed by atoms with van der Waals surface area (Å²) >= 11 is 1.68. The van der Waals surface area contributed by atoms with Crippen molar-refractivity contribution in [1.29, 1.82) is 0 Å². The number of hydrogen-bond donors (Lipinski definition) is 1. The van der Waals surface area contributed by atoms with Gasteiger partial charge in [-0.2, -0.15) is 0 Å². The fourth-order valence-corrected chi connectivity index (χ4v) is 4.08. The highest BCUT2D eigenvalue weighted by atomic mass is 32.2. The maximum absolute atomic E-state index is 13.2. The number of carbonyl (C=O) groups excluding carboxylic acids is 2. The smallest absolute Gasteiger partial charge is 0.242 e. The molecule has 2 aromatic rings. The van der Waals surface area contributed by atoms with Crippen LogP contribution in [0.4, 0.5) is 0 Å². The van der Waals surface area contributed by atoms with Gasteiger partial charge in [-0.1, -0.05) is 68.3 Å². The largest absolute Gasteiger partial charge is 0.354 e. The van der Waals surface area contributed by atoms with E-state index < -0.39 is 6.04 Å². The third-order valence-corrected chi connectivity index (χ3v) is 6.03. The van der Waals surface area contributed by atoms with Gasteiger partial charge in [-0.15, -0.1) is 11.8 Å². The molecule has 0 unspecified atom stereocenters. The number of benzene rings is 2. The first-order chi connectivity index (χ1) is 14.5. The highest BCUT2D eigenvalue weighted by molar-refractivity contribution is 7.99. The van der Waals surface area contributed by atoms with E-state index in [0.717, 1.165) is 23.3 Å². The number of nitrogens with zero attached hydrogens (tertiary/aromatic N) is 1. The van der Waals surface area contributed by atoms with Crippen molar-refractivity contribution in [2.45, 2.75) is 63.9 Å². The molecule has 0 fully saturated rings. The Hall–Kier alpha value is -2.27. The Morgan fingerprint density at radius 1 is 1.03 bits per heavy atom. The van der Waals surface area contributed by atoms with Crippen molar-refractivity contribution in [1.82, 2.24) is 10.2 Å². The second kappa shape index (κ2) is 13.1. The average molecular weight is 427 g/mol. The molecule has 2 amide bonds. The monoisotopic (exact) mass is 426 g/mol. The van der Waals surface area contributed by atoms with E-state index in [4.69, 9.17) is 0 Å². The van der Waals surface area contributed by atoms with Gasteiger partial charge in [0, 0.05) is 30.2 Å². The third-order valence-electron chi connectivity index (χ3n) is 5.02. The van der Waals surface area contributed by atoms with E-state index in [2.05, 4.69) is 43.4 Å². The molecule has 162 valence electrons. The molecular weight excluding hydrogens is 392 g/mol. The van der Waals surface area contributed by atoms with Crippen LogP contribution in [-0.2, 0) is 16.1 Å². The summed E-state index contributed by atoms with van der Waals surface area (Å²) in [4.78, 5) is 28.9. The van der Waals surface area contributed by atoms with Crippen LogP contribution in [0, 0.1) is 6.92 Å². The number of nitrogens with one attached hydrogen (secondary N) is 1. The molecule has 2 aromatic carbocycles. The standard InChI is InChI=1S/C25H34N2O2S/c1-4-6-17-26-25(29)23(5-2)27(19-21-10-8-7-9-11-21)24(28)16-18-30-22-14-12-20(3)13-15-22/h7-15,23H,4-6,16-19H2,1-3H3,(H,26,29)/t23-/m1/s1. The molecule has 0 aliphatic carbocycles. The Kier molecular flexibility index (Phi) is 10.5. The van der Waals surface area contributed by atoms with Crippen LogP contribution in [0.3, 0.4) is 0 Å². The minimum absolute atomic E-state index is 0.0240. The molecule has 0 aliphatic heterocycles. The summed E-state index contributed by atoms with van der Waals surface area (Å²) in [7, 11) is 0. The number of unbranched alkanes of at least 4 members (excludes halogenated alkanes) is 1. The maximum Gasteiger partial charge on any atom is 0.242 e. The van der Waals surface area contributed by atoms with E-state index in [1.807, 2.05) is 37.3 Å². The Balaban J connectivity index is 2.05. The van der Waals surface area contributed by atoms with Gasteiger partial charge in [0.05, 0.1) is 0 Å². The van der Waals surface area contributed by atoms with E-state index in [9.17, 15) is 9.59 Å². The van der Waals surface area contributed by atoms with E-state index in [1.165, 1.54) is 5.56 Å². The SMILES string of the molecule is CCCCNC(=O)[C@@H](CC)N(Cc1ccccc1)C(=O)CCSc1ccc(C)cc1. The number of thioether (sulfide) groups is 1. The van der Waals surface area contributed by atoms with E-state index in [1.54, 1.807) is 16.7 Å². The van der Waals surface area contributed by atoms with Crippen molar-refractivity contribution >= 4 is 23.6 Å². The van der Waals surface area contributed by atoms with Crippen LogP contribution >= 0.6 is 11.8 Å². The molecular formula is C25H34N2O2S. The Morgan fingerprint density at radius 2 is 1.73 bits per heavy atom. The Bertz CT molecular complexity index is 777. The van der Waals surface area contributed by atoms with Crippen molar-refractivity contribution in [3.05, 3.63) is 65.7 Å². The highest BCUT2D eigenvalue weighted by Crippen LogP contribution is 2.21. The fourth-order valence-electron chi connectivity index (χ4n) is 3.24. The summed E-state index contributed by atoms with van der Waals surface area (Å²) in [5.41, 5.74) is 2.26. The Labute approximate surface area is 185 Å². The van der Waals surface area contributed by atoms with Gasteiger partial charge in [-0.3, -0.25) is 9.59 Å². The second-order valence-corrected chi connectivity index (χ2v) is 8.66. The van der Waals surface area contributed by atoms with Crippen molar-refractivity contribution in [2.75, 3.05) is 12.3 Å². The summed E-state index contributed by atoms with van der Waals surface area (Å²) in [6.45, 7) is 7.24.